The van der Waals surface area contributed by atoms with Gasteiger partial charge in [-0.2, -0.15) is 18.4 Å². The van der Waals surface area contributed by atoms with Gasteiger partial charge in [0.05, 0.1) is 18.8 Å². The number of carboxylic acid groups (broad SMARTS) is 1. The summed E-state index contributed by atoms with van der Waals surface area (Å²) >= 11 is 0. The molecule has 0 aliphatic carbocycles. The summed E-state index contributed by atoms with van der Waals surface area (Å²) in [6, 6.07) is 15.7. The van der Waals surface area contributed by atoms with Gasteiger partial charge in [-0.1, -0.05) is 30.3 Å². The quantitative estimate of drug-likeness (QED) is 0.672. The second-order valence-electron chi connectivity index (χ2n) is 7.00. The van der Waals surface area contributed by atoms with Crippen LogP contribution in [0.4, 0.5) is 13.2 Å². The number of benzene rings is 2. The normalized spacial score (nSPS) is 17.0. The standard InChI is InChI=1S/C20H22N2O2.C2HF3O2/c1-24-19-9-8-16(11-18(19)12-21)14-4-6-15(7-5-14)20(23)17-3-2-10-22-13-17;3-2(4,5)1(6)7/h4-9,11,17,20,22-23H,2-3,10,13H2,1H3;(H,6,7). The van der Waals surface area contributed by atoms with E-state index in [4.69, 9.17) is 14.6 Å². The molecule has 2 unspecified atom stereocenters. The molecule has 1 aliphatic heterocycles. The van der Waals surface area contributed by atoms with E-state index in [0.29, 0.717) is 11.3 Å². The summed E-state index contributed by atoms with van der Waals surface area (Å²) in [6.45, 7) is 1.91. The van der Waals surface area contributed by atoms with Gasteiger partial charge in [0, 0.05) is 12.5 Å². The van der Waals surface area contributed by atoms with Crippen molar-refractivity contribution in [3.63, 3.8) is 0 Å². The van der Waals surface area contributed by atoms with E-state index >= 15 is 0 Å². The van der Waals surface area contributed by atoms with Gasteiger partial charge < -0.3 is 20.3 Å². The van der Waals surface area contributed by atoms with Gasteiger partial charge in [0.2, 0.25) is 0 Å². The first-order valence-corrected chi connectivity index (χ1v) is 9.54. The van der Waals surface area contributed by atoms with Crippen LogP contribution in [0.5, 0.6) is 5.75 Å². The molecule has 1 fully saturated rings. The molecular formula is C22H23F3N2O4. The van der Waals surface area contributed by atoms with Gasteiger partial charge in [0.25, 0.3) is 0 Å². The van der Waals surface area contributed by atoms with Crippen LogP contribution in [0.2, 0.25) is 0 Å². The molecule has 9 heteroatoms. The Labute approximate surface area is 177 Å². The number of methoxy groups -OCH3 is 1. The summed E-state index contributed by atoms with van der Waals surface area (Å²) in [4.78, 5) is 8.90. The van der Waals surface area contributed by atoms with Crippen molar-refractivity contribution in [1.82, 2.24) is 5.32 Å². The Bertz CT molecular complexity index is 918. The molecule has 3 N–H and O–H groups in total. The number of aliphatic carboxylic acids is 1. The molecule has 3 rings (SSSR count). The molecule has 0 spiro atoms. The van der Waals surface area contributed by atoms with Crippen LogP contribution in [-0.4, -0.2) is 42.6 Å². The van der Waals surface area contributed by atoms with E-state index in [9.17, 15) is 23.5 Å². The SMILES string of the molecule is COc1ccc(-c2ccc(C(O)C3CCCNC3)cc2)cc1C#N.O=C(O)C(F)(F)F. The largest absolute Gasteiger partial charge is 0.495 e. The highest BCUT2D eigenvalue weighted by molar-refractivity contribution is 5.73. The maximum absolute atomic E-state index is 10.6. The number of ether oxygens (including phenoxy) is 1. The first kappa shape index (κ1) is 24.2. The first-order valence-electron chi connectivity index (χ1n) is 9.54. The first-order chi connectivity index (χ1) is 14.7. The second-order valence-corrected chi connectivity index (χ2v) is 7.00. The number of nitriles is 1. The van der Waals surface area contributed by atoms with Crippen LogP contribution in [0.15, 0.2) is 42.5 Å². The van der Waals surface area contributed by atoms with Gasteiger partial charge in [0.1, 0.15) is 11.8 Å². The monoisotopic (exact) mass is 436 g/mol. The minimum absolute atomic E-state index is 0.274. The Morgan fingerprint density at radius 3 is 2.32 bits per heavy atom. The number of carboxylic acids is 1. The number of alkyl halides is 3. The molecule has 2 atom stereocenters. The van der Waals surface area contributed by atoms with Crippen LogP contribution in [-0.2, 0) is 4.79 Å². The zero-order valence-corrected chi connectivity index (χ0v) is 16.8. The number of halogens is 3. The minimum Gasteiger partial charge on any atom is -0.495 e. The van der Waals surface area contributed by atoms with Crippen molar-refractivity contribution in [1.29, 1.82) is 5.26 Å². The number of rotatable bonds is 4. The van der Waals surface area contributed by atoms with Gasteiger partial charge >= 0.3 is 12.1 Å². The lowest BCUT2D eigenvalue weighted by Crippen LogP contribution is -2.33. The summed E-state index contributed by atoms with van der Waals surface area (Å²) in [5, 5.41) is 30.2. The van der Waals surface area contributed by atoms with Crippen molar-refractivity contribution in [3.8, 4) is 22.9 Å². The molecule has 0 aromatic heterocycles. The van der Waals surface area contributed by atoms with Crippen molar-refractivity contribution in [2.75, 3.05) is 20.2 Å². The van der Waals surface area contributed by atoms with Crippen molar-refractivity contribution < 1.29 is 32.9 Å². The van der Waals surface area contributed by atoms with E-state index in [1.807, 2.05) is 42.5 Å². The number of nitrogens with one attached hydrogen (secondary N) is 1. The van der Waals surface area contributed by atoms with Gasteiger partial charge in [-0.3, -0.25) is 0 Å². The van der Waals surface area contributed by atoms with Gasteiger partial charge in [0.15, 0.2) is 0 Å². The Morgan fingerprint density at radius 2 is 1.84 bits per heavy atom. The van der Waals surface area contributed by atoms with E-state index in [2.05, 4.69) is 11.4 Å². The lowest BCUT2D eigenvalue weighted by Gasteiger charge is -2.27. The maximum Gasteiger partial charge on any atom is 0.490 e. The van der Waals surface area contributed by atoms with Crippen LogP contribution in [0.25, 0.3) is 11.1 Å². The van der Waals surface area contributed by atoms with E-state index < -0.39 is 18.2 Å². The summed E-state index contributed by atoms with van der Waals surface area (Å²) in [5.74, 6) is -1.90. The number of piperidine rings is 1. The zero-order valence-electron chi connectivity index (χ0n) is 16.8. The zero-order chi connectivity index (χ0) is 23.0. The number of nitrogens with zero attached hydrogens (tertiary/aromatic N) is 1. The van der Waals surface area contributed by atoms with Crippen molar-refractivity contribution in [2.24, 2.45) is 5.92 Å². The Balaban J connectivity index is 0.000000423. The molecule has 0 saturated carbocycles. The van der Waals surface area contributed by atoms with Gasteiger partial charge in [-0.15, -0.1) is 0 Å². The Hall–Kier alpha value is -3.09. The van der Waals surface area contributed by atoms with E-state index in [1.54, 1.807) is 7.11 Å². The highest BCUT2D eigenvalue weighted by Crippen LogP contribution is 2.30. The van der Waals surface area contributed by atoms with E-state index in [0.717, 1.165) is 42.6 Å². The van der Waals surface area contributed by atoms with E-state index in [-0.39, 0.29) is 5.92 Å². The molecule has 1 saturated heterocycles. The lowest BCUT2D eigenvalue weighted by molar-refractivity contribution is -0.192. The van der Waals surface area contributed by atoms with Crippen LogP contribution < -0.4 is 10.1 Å². The van der Waals surface area contributed by atoms with Crippen LogP contribution >= 0.6 is 0 Å². The Morgan fingerprint density at radius 1 is 1.23 bits per heavy atom. The third kappa shape index (κ3) is 6.70. The highest BCUT2D eigenvalue weighted by Gasteiger charge is 2.38. The van der Waals surface area contributed by atoms with Crippen molar-refractivity contribution >= 4 is 5.97 Å². The van der Waals surface area contributed by atoms with Crippen molar-refractivity contribution in [2.45, 2.75) is 25.1 Å². The fourth-order valence-corrected chi connectivity index (χ4v) is 3.27. The number of carbonyl (C=O) groups is 1. The number of hydrogen-bond acceptors (Lipinski definition) is 5. The Kier molecular flexibility index (Phi) is 8.42. The smallest absolute Gasteiger partial charge is 0.490 e. The topological polar surface area (TPSA) is 103 Å². The highest BCUT2D eigenvalue weighted by atomic mass is 19.4. The minimum atomic E-state index is -5.08. The third-order valence-electron chi connectivity index (χ3n) is 4.93. The number of aliphatic hydroxyl groups excluding tert-OH is 1. The summed E-state index contributed by atoms with van der Waals surface area (Å²) < 4.78 is 36.9. The van der Waals surface area contributed by atoms with Gasteiger partial charge in [-0.05, 0) is 48.2 Å². The predicted molar refractivity (Wildman–Crippen MR) is 107 cm³/mol. The molecule has 166 valence electrons. The van der Waals surface area contributed by atoms with Gasteiger partial charge in [-0.25, -0.2) is 4.79 Å². The molecule has 0 bridgehead atoms. The fourth-order valence-electron chi connectivity index (χ4n) is 3.27. The number of aliphatic hydroxyl groups is 1. The molecule has 1 aliphatic rings. The molecular weight excluding hydrogens is 413 g/mol. The molecule has 2 aromatic carbocycles. The lowest BCUT2D eigenvalue weighted by atomic mass is 9.89. The molecule has 6 nitrogen and oxygen atoms in total. The summed E-state index contributed by atoms with van der Waals surface area (Å²) in [5.41, 5.74) is 3.45. The van der Waals surface area contributed by atoms with Crippen LogP contribution in [0, 0.1) is 17.2 Å². The summed E-state index contributed by atoms with van der Waals surface area (Å²) in [7, 11) is 1.56. The predicted octanol–water partition coefficient (Wildman–Crippen LogP) is 3.90. The maximum atomic E-state index is 10.6. The molecule has 31 heavy (non-hydrogen) atoms. The van der Waals surface area contributed by atoms with Crippen LogP contribution in [0.3, 0.4) is 0 Å². The summed E-state index contributed by atoms with van der Waals surface area (Å²) in [6.07, 6.45) is -3.35. The molecule has 2 aromatic rings. The fraction of sp³-hybridized carbons (Fsp3) is 0.364. The average molecular weight is 436 g/mol. The molecule has 1 heterocycles. The van der Waals surface area contributed by atoms with Crippen LogP contribution in [0.1, 0.15) is 30.1 Å². The third-order valence-corrected chi connectivity index (χ3v) is 4.93. The average Bonchev–Trinajstić information content (AvgIpc) is 2.78. The van der Waals surface area contributed by atoms with Crippen molar-refractivity contribution in [3.05, 3.63) is 53.6 Å². The van der Waals surface area contributed by atoms with E-state index in [1.165, 1.54) is 0 Å². The molecule has 0 amide bonds. The second kappa shape index (κ2) is 10.8. The molecule has 0 radical (unpaired) electrons. The number of hydrogen-bond donors (Lipinski definition) is 3.